The van der Waals surface area contributed by atoms with Crippen LogP contribution in [0, 0.1) is 35.5 Å². The van der Waals surface area contributed by atoms with Gasteiger partial charge in [-0.3, -0.25) is 9.59 Å². The number of esters is 1. The molecule has 61 heavy (non-hydrogen) atoms. The van der Waals surface area contributed by atoms with Crippen LogP contribution >= 0.6 is 0 Å². The highest BCUT2D eigenvalue weighted by atomic mass is 16.8. The molecule has 0 unspecified atom stereocenters. The quantitative estimate of drug-likeness (QED) is 0.179. The van der Waals surface area contributed by atoms with E-state index in [0.29, 0.717) is 38.7 Å². The first-order valence-electron chi connectivity index (χ1n) is 23.2. The normalized spacial score (nSPS) is 44.0. The van der Waals surface area contributed by atoms with Gasteiger partial charge in [-0.25, -0.2) is 0 Å². The van der Waals surface area contributed by atoms with Gasteiger partial charge in [0, 0.05) is 49.7 Å². The summed E-state index contributed by atoms with van der Waals surface area (Å²) < 4.78 is 65.9. The van der Waals surface area contributed by atoms with E-state index in [1.807, 2.05) is 45.0 Å². The molecule has 0 bridgehead atoms. The average molecular weight is 859 g/mol. The second kappa shape index (κ2) is 18.3. The Morgan fingerprint density at radius 1 is 0.934 bits per heavy atom. The highest BCUT2D eigenvalue weighted by molar-refractivity contribution is 5.70. The molecule has 18 atom stereocenters. The van der Waals surface area contributed by atoms with Crippen LogP contribution in [0.2, 0.25) is 0 Å². The van der Waals surface area contributed by atoms with Crippen LogP contribution in [0.4, 0.5) is 0 Å². The summed E-state index contributed by atoms with van der Waals surface area (Å²) in [6.45, 7) is 19.0. The van der Waals surface area contributed by atoms with E-state index < -0.39 is 59.3 Å². The van der Waals surface area contributed by atoms with Gasteiger partial charge in [-0.05, 0) is 82.8 Å². The van der Waals surface area contributed by atoms with Crippen LogP contribution in [0.25, 0.3) is 0 Å². The fourth-order valence-corrected chi connectivity index (χ4v) is 12.0. The number of rotatable bonds is 14. The first kappa shape index (κ1) is 46.6. The fourth-order valence-electron chi connectivity index (χ4n) is 12.0. The Bertz CT molecular complexity index is 1670. The summed E-state index contributed by atoms with van der Waals surface area (Å²) in [6, 6.07) is 7.79. The van der Waals surface area contributed by atoms with Gasteiger partial charge in [0.25, 0.3) is 0 Å². The lowest BCUT2D eigenvalue weighted by Gasteiger charge is -2.49. The highest BCUT2D eigenvalue weighted by Gasteiger charge is 2.63. The molecular formula is C48H74O13. The molecule has 2 spiro atoms. The van der Waals surface area contributed by atoms with Gasteiger partial charge in [0.2, 0.25) is 0 Å². The second-order valence-electron chi connectivity index (χ2n) is 19.8. The van der Waals surface area contributed by atoms with Crippen molar-refractivity contribution < 1.29 is 62.1 Å². The van der Waals surface area contributed by atoms with Gasteiger partial charge in [-0.15, -0.1) is 0 Å². The number of carboxylic acid groups (broad SMARTS) is 1. The van der Waals surface area contributed by atoms with Gasteiger partial charge >= 0.3 is 11.9 Å². The number of carbonyl (C=O) groups excluding carboxylic acids is 1. The van der Waals surface area contributed by atoms with Gasteiger partial charge in [-0.1, -0.05) is 60.6 Å². The van der Waals surface area contributed by atoms with Crippen LogP contribution in [-0.2, 0) is 52.2 Å². The molecule has 13 heteroatoms. The van der Waals surface area contributed by atoms with Gasteiger partial charge in [-0.2, -0.15) is 0 Å². The maximum absolute atomic E-state index is 13.0. The summed E-state index contributed by atoms with van der Waals surface area (Å²) in [7, 11) is 3.20. The molecule has 6 heterocycles. The summed E-state index contributed by atoms with van der Waals surface area (Å²) >= 11 is 0. The molecule has 6 aliphatic rings. The van der Waals surface area contributed by atoms with E-state index >= 15 is 0 Å². The van der Waals surface area contributed by atoms with Crippen molar-refractivity contribution in [2.75, 3.05) is 20.8 Å². The number of ether oxygens (including phenoxy) is 10. The molecule has 0 aromatic heterocycles. The molecule has 6 fully saturated rings. The number of hydrogen-bond acceptors (Lipinski definition) is 12. The zero-order valence-corrected chi connectivity index (χ0v) is 38.5. The highest BCUT2D eigenvalue weighted by Crippen LogP contribution is 2.56. The number of aliphatic carboxylic acids is 1. The second-order valence-corrected chi connectivity index (χ2v) is 19.8. The minimum absolute atomic E-state index is 0.126. The van der Waals surface area contributed by atoms with Gasteiger partial charge < -0.3 is 52.5 Å². The van der Waals surface area contributed by atoms with Crippen molar-refractivity contribution in [2.24, 2.45) is 35.5 Å². The number of benzene rings is 1. The van der Waals surface area contributed by atoms with Crippen molar-refractivity contribution in [3.8, 4) is 5.75 Å². The zero-order chi connectivity index (χ0) is 44.1. The molecule has 0 aliphatic carbocycles. The number of carbonyl (C=O) groups is 2. The lowest BCUT2D eigenvalue weighted by atomic mass is 9.78. The summed E-state index contributed by atoms with van der Waals surface area (Å²) in [5.41, 5.74) is -0.257. The van der Waals surface area contributed by atoms with E-state index in [2.05, 4.69) is 34.6 Å². The molecule has 344 valence electrons. The monoisotopic (exact) mass is 859 g/mol. The molecule has 1 aromatic rings. The molecule has 1 N–H and O–H groups in total. The van der Waals surface area contributed by atoms with Crippen LogP contribution in [0.5, 0.6) is 5.75 Å². The van der Waals surface area contributed by atoms with E-state index in [0.717, 1.165) is 43.4 Å². The third-order valence-corrected chi connectivity index (χ3v) is 15.6. The van der Waals surface area contributed by atoms with E-state index in [1.54, 1.807) is 21.1 Å². The molecule has 6 aliphatic heterocycles. The Balaban J connectivity index is 1.05. The van der Waals surface area contributed by atoms with E-state index in [1.165, 1.54) is 0 Å². The van der Waals surface area contributed by atoms with E-state index in [4.69, 9.17) is 47.4 Å². The van der Waals surface area contributed by atoms with Crippen molar-refractivity contribution in [2.45, 2.75) is 198 Å². The van der Waals surface area contributed by atoms with Crippen molar-refractivity contribution in [1.82, 2.24) is 0 Å². The minimum Gasteiger partial charge on any atom is -0.497 e. The van der Waals surface area contributed by atoms with Crippen LogP contribution < -0.4 is 4.74 Å². The Morgan fingerprint density at radius 2 is 1.67 bits per heavy atom. The molecule has 0 saturated carbocycles. The van der Waals surface area contributed by atoms with Crippen LogP contribution in [0.3, 0.4) is 0 Å². The van der Waals surface area contributed by atoms with Gasteiger partial charge in [0.15, 0.2) is 17.9 Å². The van der Waals surface area contributed by atoms with Crippen LogP contribution in [0.15, 0.2) is 24.3 Å². The fraction of sp³-hybridized carbons (Fsp3) is 0.833. The third kappa shape index (κ3) is 8.89. The maximum Gasteiger partial charge on any atom is 0.308 e. The average Bonchev–Trinajstić information content (AvgIpc) is 4.04. The van der Waals surface area contributed by atoms with E-state index in [-0.39, 0.29) is 60.0 Å². The van der Waals surface area contributed by atoms with Gasteiger partial charge in [0.05, 0.1) is 60.9 Å². The van der Waals surface area contributed by atoms with Crippen molar-refractivity contribution in [3.05, 3.63) is 29.8 Å². The molecule has 0 radical (unpaired) electrons. The predicted octanol–water partition coefficient (Wildman–Crippen LogP) is 8.39. The maximum atomic E-state index is 13.0. The molecular weight excluding hydrogens is 785 g/mol. The Kier molecular flexibility index (Phi) is 14.0. The first-order valence-corrected chi connectivity index (χ1v) is 23.2. The van der Waals surface area contributed by atoms with Crippen molar-refractivity contribution in [1.29, 1.82) is 0 Å². The summed E-state index contributed by atoms with van der Waals surface area (Å²) in [6.07, 6.45) is 4.17. The Labute approximate surface area is 363 Å². The lowest BCUT2D eigenvalue weighted by molar-refractivity contribution is -0.336. The van der Waals surface area contributed by atoms with Crippen LogP contribution in [-0.4, -0.2) is 103 Å². The molecule has 13 nitrogen and oxygen atoms in total. The molecule has 0 amide bonds. The standard InChI is InChI=1S/C48H74O13/c1-12-14-38(49)55-36-25-47(58-41(30(36)6)31(7)40(53-11)32(8)43(50)51)22-21-45(9,61-47)37-19-20-46(13-2,57-37)42-28(4)24-35(56-42)39-27(3)23-29(5)48(59-39)26-54-44(60-48)33-15-17-34(52-10)18-16-33/h15-18,27-32,35-37,39-42,44H,12-14,19-26H2,1-11H3,(H,50,51)/t27-,28-,29+,30+,31-,32-,35-,36-,37+,39-,40+,41-,42+,44+,45+,46-,47+,48+/m0/s1. The Morgan fingerprint density at radius 3 is 2.33 bits per heavy atom. The SMILES string of the molecule is CCCC(=O)O[C@H]1C[C@]2(CC[C@](C)([C@H]3CC[C@@](CC)([C@@H]4O[C@H]([C@H]5O[C@@]6(CO[C@@H](c7ccc(OC)cc7)O6)[C@H](C)C[C@@H]5C)C[C@@H]4C)O3)O2)O[C@H]([C@@H](C)[C@@H](OC)[C@H](C)C(=O)O)[C@@H]1C. The number of hydrogen-bond donors (Lipinski definition) is 1. The first-order chi connectivity index (χ1) is 28.9. The van der Waals surface area contributed by atoms with Crippen LogP contribution in [0.1, 0.15) is 138 Å². The van der Waals surface area contributed by atoms with Crippen molar-refractivity contribution in [3.63, 3.8) is 0 Å². The number of carboxylic acids is 1. The molecule has 6 saturated heterocycles. The van der Waals surface area contributed by atoms with Crippen molar-refractivity contribution >= 4 is 11.9 Å². The summed E-state index contributed by atoms with van der Waals surface area (Å²) in [4.78, 5) is 25.1. The van der Waals surface area contributed by atoms with Gasteiger partial charge in [0.1, 0.15) is 18.5 Å². The Hall–Kier alpha value is -2.36. The summed E-state index contributed by atoms with van der Waals surface area (Å²) in [5, 5.41) is 9.93. The third-order valence-electron chi connectivity index (χ3n) is 15.6. The zero-order valence-electron chi connectivity index (χ0n) is 38.5. The molecule has 7 rings (SSSR count). The minimum atomic E-state index is -1.04. The summed E-state index contributed by atoms with van der Waals surface area (Å²) in [5.74, 6) is -2.98. The lowest BCUT2D eigenvalue weighted by Crippen LogP contribution is -2.57. The number of methoxy groups -OCH3 is 2. The predicted molar refractivity (Wildman–Crippen MR) is 225 cm³/mol. The molecule has 1 aromatic carbocycles. The topological polar surface area (TPSA) is 147 Å². The largest absolute Gasteiger partial charge is 0.497 e. The van der Waals surface area contributed by atoms with E-state index in [9.17, 15) is 14.7 Å². The smallest absolute Gasteiger partial charge is 0.308 e.